The summed E-state index contributed by atoms with van der Waals surface area (Å²) in [4.78, 5) is 16.0. The molecule has 1 aliphatic heterocycles. The Morgan fingerprint density at radius 3 is 2.13 bits per heavy atom. The number of likely N-dealkylation sites (tertiary alicyclic amines) is 1. The number of carbonyl (C=O) groups is 1. The Kier molecular flexibility index (Phi) is 4.43. The summed E-state index contributed by atoms with van der Waals surface area (Å²) in [6.45, 7) is 8.31. The summed E-state index contributed by atoms with van der Waals surface area (Å²) >= 11 is 0. The van der Waals surface area contributed by atoms with Crippen molar-refractivity contribution in [2.24, 2.45) is 5.92 Å². The van der Waals surface area contributed by atoms with E-state index in [1.54, 1.807) is 0 Å². The summed E-state index contributed by atoms with van der Waals surface area (Å²) in [6, 6.07) is 0.523. The van der Waals surface area contributed by atoms with Crippen molar-refractivity contribution in [1.82, 2.24) is 9.80 Å². The van der Waals surface area contributed by atoms with E-state index in [0.717, 1.165) is 25.9 Å². The maximum atomic E-state index is 12.1. The Balaban J connectivity index is 2.50. The molecule has 0 radical (unpaired) electrons. The van der Waals surface area contributed by atoms with Gasteiger partial charge in [-0.05, 0) is 32.1 Å². The second-order valence-corrected chi connectivity index (χ2v) is 4.93. The lowest BCUT2D eigenvalue weighted by Crippen LogP contribution is -2.48. The summed E-state index contributed by atoms with van der Waals surface area (Å²) in [5.74, 6) is 0.517. The molecule has 3 nitrogen and oxygen atoms in total. The minimum Gasteiger partial charge on any atom is -0.325 e. The van der Waals surface area contributed by atoms with Crippen LogP contribution in [-0.4, -0.2) is 42.0 Å². The lowest BCUT2D eigenvalue weighted by atomic mass is 10.1. The molecule has 0 saturated carbocycles. The predicted octanol–water partition coefficient (Wildman–Crippen LogP) is 2.57. The molecule has 1 rings (SSSR count). The van der Waals surface area contributed by atoms with Crippen LogP contribution in [0.2, 0.25) is 0 Å². The minimum atomic E-state index is 0.205. The molecule has 0 spiro atoms. The van der Waals surface area contributed by atoms with E-state index in [4.69, 9.17) is 0 Å². The van der Waals surface area contributed by atoms with Crippen LogP contribution in [-0.2, 0) is 0 Å². The molecule has 1 saturated heterocycles. The van der Waals surface area contributed by atoms with Crippen LogP contribution in [0.1, 0.15) is 40.0 Å². The number of piperidine rings is 1. The van der Waals surface area contributed by atoms with Crippen molar-refractivity contribution in [1.29, 1.82) is 0 Å². The largest absolute Gasteiger partial charge is 0.325 e. The van der Waals surface area contributed by atoms with E-state index in [9.17, 15) is 4.79 Å². The number of rotatable bonds is 2. The highest BCUT2D eigenvalue weighted by molar-refractivity contribution is 5.74. The van der Waals surface area contributed by atoms with Crippen LogP contribution in [0, 0.1) is 5.92 Å². The second-order valence-electron chi connectivity index (χ2n) is 4.93. The van der Waals surface area contributed by atoms with Gasteiger partial charge in [0.1, 0.15) is 0 Å². The monoisotopic (exact) mass is 212 g/mol. The third-order valence-corrected chi connectivity index (χ3v) is 3.50. The number of hydrogen-bond donors (Lipinski definition) is 0. The first-order valence-electron chi connectivity index (χ1n) is 6.05. The normalized spacial score (nSPS) is 19.1. The van der Waals surface area contributed by atoms with E-state index in [2.05, 4.69) is 20.8 Å². The zero-order valence-electron chi connectivity index (χ0n) is 10.5. The Morgan fingerprint density at radius 1 is 1.13 bits per heavy atom. The third-order valence-electron chi connectivity index (χ3n) is 3.50. The molecule has 0 bridgehead atoms. The molecule has 2 amide bonds. The molecule has 3 heteroatoms. The number of carbonyl (C=O) groups excluding carboxylic acids is 1. The van der Waals surface area contributed by atoms with Crippen molar-refractivity contribution in [2.75, 3.05) is 20.1 Å². The van der Waals surface area contributed by atoms with Gasteiger partial charge in [-0.15, -0.1) is 0 Å². The van der Waals surface area contributed by atoms with Crippen LogP contribution < -0.4 is 0 Å². The van der Waals surface area contributed by atoms with Crippen LogP contribution in [0.3, 0.4) is 0 Å². The molecule has 0 aromatic heterocycles. The molecule has 0 aromatic rings. The molecule has 0 aromatic carbocycles. The Hall–Kier alpha value is -0.730. The van der Waals surface area contributed by atoms with Gasteiger partial charge in [0.15, 0.2) is 0 Å². The van der Waals surface area contributed by atoms with Crippen LogP contribution in [0.5, 0.6) is 0 Å². The number of nitrogens with zero attached hydrogens (tertiary/aromatic N) is 2. The first-order valence-corrected chi connectivity index (χ1v) is 6.05. The van der Waals surface area contributed by atoms with Gasteiger partial charge in [0.2, 0.25) is 0 Å². The number of amides is 2. The molecule has 15 heavy (non-hydrogen) atoms. The molecule has 1 aliphatic rings. The molecular weight excluding hydrogens is 188 g/mol. The van der Waals surface area contributed by atoms with Crippen molar-refractivity contribution in [3.8, 4) is 0 Å². The maximum Gasteiger partial charge on any atom is 0.319 e. The highest BCUT2D eigenvalue weighted by atomic mass is 16.2. The van der Waals surface area contributed by atoms with Gasteiger partial charge in [-0.1, -0.05) is 13.8 Å². The van der Waals surface area contributed by atoms with Crippen molar-refractivity contribution in [3.05, 3.63) is 0 Å². The molecule has 1 unspecified atom stereocenters. The van der Waals surface area contributed by atoms with Gasteiger partial charge in [-0.3, -0.25) is 0 Å². The molecule has 1 heterocycles. The van der Waals surface area contributed by atoms with E-state index >= 15 is 0 Å². The summed E-state index contributed by atoms with van der Waals surface area (Å²) in [7, 11) is 1.92. The molecular formula is C12H24N2O. The van der Waals surface area contributed by atoms with Crippen LogP contribution in [0.25, 0.3) is 0 Å². The Morgan fingerprint density at radius 2 is 1.67 bits per heavy atom. The highest BCUT2D eigenvalue weighted by Crippen LogP contribution is 2.14. The summed E-state index contributed by atoms with van der Waals surface area (Å²) in [5, 5.41) is 0. The maximum absolute atomic E-state index is 12.1. The van der Waals surface area contributed by atoms with Crippen molar-refractivity contribution >= 4 is 6.03 Å². The van der Waals surface area contributed by atoms with Crippen molar-refractivity contribution < 1.29 is 4.79 Å². The SMILES string of the molecule is CC(C)C(C)N(C)C(=O)N1CCCCC1. The molecule has 1 atom stereocenters. The van der Waals surface area contributed by atoms with Crippen LogP contribution in [0.4, 0.5) is 4.79 Å². The van der Waals surface area contributed by atoms with Gasteiger partial charge in [-0.25, -0.2) is 4.79 Å². The zero-order valence-corrected chi connectivity index (χ0v) is 10.5. The Labute approximate surface area is 93.4 Å². The molecule has 1 fully saturated rings. The van der Waals surface area contributed by atoms with E-state index in [1.165, 1.54) is 6.42 Å². The van der Waals surface area contributed by atoms with Gasteiger partial charge in [0.05, 0.1) is 0 Å². The quantitative estimate of drug-likeness (QED) is 0.690. The van der Waals surface area contributed by atoms with E-state index in [0.29, 0.717) is 12.0 Å². The van der Waals surface area contributed by atoms with Gasteiger partial charge < -0.3 is 9.80 Å². The second kappa shape index (κ2) is 5.38. The molecule has 0 aliphatic carbocycles. The summed E-state index contributed by atoms with van der Waals surface area (Å²) < 4.78 is 0. The standard InChI is InChI=1S/C12H24N2O/c1-10(2)11(3)13(4)12(15)14-8-6-5-7-9-14/h10-11H,5-9H2,1-4H3. The smallest absolute Gasteiger partial charge is 0.319 e. The van der Waals surface area contributed by atoms with Crippen molar-refractivity contribution in [2.45, 2.75) is 46.1 Å². The van der Waals surface area contributed by atoms with Crippen LogP contribution >= 0.6 is 0 Å². The van der Waals surface area contributed by atoms with Crippen LogP contribution in [0.15, 0.2) is 0 Å². The first-order chi connectivity index (χ1) is 7.04. The Bertz CT molecular complexity index is 210. The first kappa shape index (κ1) is 12.3. The molecule has 0 N–H and O–H groups in total. The van der Waals surface area contributed by atoms with Crippen molar-refractivity contribution in [3.63, 3.8) is 0 Å². The minimum absolute atomic E-state index is 0.205. The fourth-order valence-electron chi connectivity index (χ4n) is 1.93. The lowest BCUT2D eigenvalue weighted by molar-refractivity contribution is 0.130. The van der Waals surface area contributed by atoms with E-state index < -0.39 is 0 Å². The van der Waals surface area contributed by atoms with Gasteiger partial charge >= 0.3 is 6.03 Å². The summed E-state index contributed by atoms with van der Waals surface area (Å²) in [5.41, 5.74) is 0. The lowest BCUT2D eigenvalue weighted by Gasteiger charge is -2.35. The van der Waals surface area contributed by atoms with E-state index in [-0.39, 0.29) is 6.03 Å². The fourth-order valence-corrected chi connectivity index (χ4v) is 1.93. The van der Waals surface area contributed by atoms with Gasteiger partial charge in [-0.2, -0.15) is 0 Å². The topological polar surface area (TPSA) is 23.6 Å². The fraction of sp³-hybridized carbons (Fsp3) is 0.917. The van der Waals surface area contributed by atoms with Gasteiger partial charge in [0.25, 0.3) is 0 Å². The zero-order chi connectivity index (χ0) is 11.4. The third kappa shape index (κ3) is 3.11. The average Bonchev–Trinajstić information content (AvgIpc) is 2.27. The number of hydrogen-bond acceptors (Lipinski definition) is 1. The average molecular weight is 212 g/mol. The van der Waals surface area contributed by atoms with Gasteiger partial charge in [0, 0.05) is 26.2 Å². The molecule has 88 valence electrons. The number of urea groups is 1. The highest BCUT2D eigenvalue weighted by Gasteiger charge is 2.24. The predicted molar refractivity (Wildman–Crippen MR) is 62.9 cm³/mol. The van der Waals surface area contributed by atoms with E-state index in [1.807, 2.05) is 16.8 Å². The summed E-state index contributed by atoms with van der Waals surface area (Å²) in [6.07, 6.45) is 3.60.